The van der Waals surface area contributed by atoms with Gasteiger partial charge in [-0.25, -0.2) is 4.98 Å². The first-order valence-corrected chi connectivity index (χ1v) is 7.37. The SMILES string of the molecule is CCCn1nccc1C(=O)NC(C)c1nc2ccccc2o1. The Morgan fingerprint density at radius 2 is 2.18 bits per heavy atom. The maximum atomic E-state index is 12.4. The van der Waals surface area contributed by atoms with E-state index in [4.69, 9.17) is 4.42 Å². The van der Waals surface area contributed by atoms with Gasteiger partial charge in [0.2, 0.25) is 5.89 Å². The monoisotopic (exact) mass is 298 g/mol. The summed E-state index contributed by atoms with van der Waals surface area (Å²) in [4.78, 5) is 16.8. The van der Waals surface area contributed by atoms with Gasteiger partial charge in [-0.3, -0.25) is 9.48 Å². The second-order valence-electron chi connectivity index (χ2n) is 5.15. The number of amides is 1. The standard InChI is InChI=1S/C16H18N4O2/c1-3-10-20-13(8-9-17-20)15(21)18-11(2)16-19-12-6-4-5-7-14(12)22-16/h4-9,11H,3,10H2,1-2H3,(H,18,21). The summed E-state index contributed by atoms with van der Waals surface area (Å²) < 4.78 is 7.38. The number of hydrogen-bond acceptors (Lipinski definition) is 4. The number of fused-ring (bicyclic) bond motifs is 1. The molecule has 0 aliphatic heterocycles. The van der Waals surface area contributed by atoms with E-state index < -0.39 is 0 Å². The minimum absolute atomic E-state index is 0.180. The third-order valence-electron chi connectivity index (χ3n) is 3.41. The van der Waals surface area contributed by atoms with E-state index in [1.165, 1.54) is 0 Å². The van der Waals surface area contributed by atoms with Gasteiger partial charge in [0, 0.05) is 12.7 Å². The van der Waals surface area contributed by atoms with E-state index in [1.807, 2.05) is 38.1 Å². The van der Waals surface area contributed by atoms with Crippen LogP contribution in [0.5, 0.6) is 0 Å². The molecule has 22 heavy (non-hydrogen) atoms. The lowest BCUT2D eigenvalue weighted by atomic mass is 10.3. The highest BCUT2D eigenvalue weighted by molar-refractivity contribution is 5.92. The molecular formula is C16H18N4O2. The molecule has 2 heterocycles. The molecule has 0 bridgehead atoms. The Labute approximate surface area is 128 Å². The van der Waals surface area contributed by atoms with Crippen LogP contribution in [0.4, 0.5) is 0 Å². The third kappa shape index (κ3) is 2.72. The number of hydrogen-bond donors (Lipinski definition) is 1. The molecule has 3 rings (SSSR count). The number of nitrogens with one attached hydrogen (secondary N) is 1. The van der Waals surface area contributed by atoms with E-state index in [2.05, 4.69) is 15.4 Å². The van der Waals surface area contributed by atoms with Gasteiger partial charge >= 0.3 is 0 Å². The van der Waals surface area contributed by atoms with E-state index in [1.54, 1.807) is 16.9 Å². The summed E-state index contributed by atoms with van der Waals surface area (Å²) >= 11 is 0. The predicted molar refractivity (Wildman–Crippen MR) is 82.4 cm³/mol. The molecule has 1 aromatic carbocycles. The molecule has 6 heteroatoms. The van der Waals surface area contributed by atoms with Gasteiger partial charge in [0.15, 0.2) is 5.58 Å². The molecule has 0 radical (unpaired) electrons. The molecule has 0 fully saturated rings. The highest BCUT2D eigenvalue weighted by Gasteiger charge is 2.18. The Balaban J connectivity index is 1.76. The van der Waals surface area contributed by atoms with Gasteiger partial charge in [-0.05, 0) is 31.5 Å². The van der Waals surface area contributed by atoms with Gasteiger partial charge in [-0.15, -0.1) is 0 Å². The van der Waals surface area contributed by atoms with Gasteiger partial charge in [0.05, 0.1) is 0 Å². The van der Waals surface area contributed by atoms with E-state index in [0.717, 1.165) is 17.5 Å². The maximum Gasteiger partial charge on any atom is 0.270 e. The number of carbonyl (C=O) groups is 1. The average Bonchev–Trinajstić information content (AvgIpc) is 3.13. The summed E-state index contributed by atoms with van der Waals surface area (Å²) in [6, 6.07) is 8.93. The van der Waals surface area contributed by atoms with Gasteiger partial charge in [0.1, 0.15) is 17.3 Å². The molecule has 114 valence electrons. The predicted octanol–water partition coefficient (Wildman–Crippen LogP) is 2.93. The van der Waals surface area contributed by atoms with Crippen LogP contribution >= 0.6 is 0 Å². The summed E-state index contributed by atoms with van der Waals surface area (Å²) in [6.45, 7) is 4.61. The van der Waals surface area contributed by atoms with Gasteiger partial charge in [-0.1, -0.05) is 19.1 Å². The Kier molecular flexibility index (Phi) is 3.91. The topological polar surface area (TPSA) is 73.0 Å². The summed E-state index contributed by atoms with van der Waals surface area (Å²) in [6.07, 6.45) is 2.55. The normalized spacial score (nSPS) is 12.5. The second-order valence-corrected chi connectivity index (χ2v) is 5.15. The largest absolute Gasteiger partial charge is 0.438 e. The van der Waals surface area contributed by atoms with E-state index >= 15 is 0 Å². The molecule has 1 N–H and O–H groups in total. The minimum atomic E-state index is -0.315. The molecule has 0 saturated heterocycles. The summed E-state index contributed by atoms with van der Waals surface area (Å²) in [7, 11) is 0. The first-order chi connectivity index (χ1) is 10.7. The fraction of sp³-hybridized carbons (Fsp3) is 0.312. The highest BCUT2D eigenvalue weighted by atomic mass is 16.3. The number of para-hydroxylation sites is 2. The van der Waals surface area contributed by atoms with Crippen molar-refractivity contribution in [3.63, 3.8) is 0 Å². The van der Waals surface area contributed by atoms with Crippen molar-refractivity contribution in [3.05, 3.63) is 48.1 Å². The molecule has 0 spiro atoms. The summed E-state index contributed by atoms with van der Waals surface area (Å²) in [5.41, 5.74) is 2.05. The van der Waals surface area contributed by atoms with Crippen molar-refractivity contribution in [2.24, 2.45) is 0 Å². The van der Waals surface area contributed by atoms with Gasteiger partial charge in [0.25, 0.3) is 5.91 Å². The first-order valence-electron chi connectivity index (χ1n) is 7.37. The average molecular weight is 298 g/mol. The number of aryl methyl sites for hydroxylation is 1. The van der Waals surface area contributed by atoms with Crippen LogP contribution in [0.15, 0.2) is 40.9 Å². The van der Waals surface area contributed by atoms with E-state index in [-0.39, 0.29) is 11.9 Å². The Hall–Kier alpha value is -2.63. The van der Waals surface area contributed by atoms with Crippen LogP contribution in [0.2, 0.25) is 0 Å². The lowest BCUT2D eigenvalue weighted by molar-refractivity contribution is 0.0923. The number of aromatic nitrogens is 3. The highest BCUT2D eigenvalue weighted by Crippen LogP contribution is 2.19. The molecule has 0 aliphatic rings. The van der Waals surface area contributed by atoms with Crippen LogP contribution in [-0.4, -0.2) is 20.7 Å². The number of carbonyl (C=O) groups excluding carboxylic acids is 1. The van der Waals surface area contributed by atoms with Gasteiger partial charge in [-0.2, -0.15) is 5.10 Å². The van der Waals surface area contributed by atoms with Crippen molar-refractivity contribution >= 4 is 17.0 Å². The van der Waals surface area contributed by atoms with E-state index in [0.29, 0.717) is 18.1 Å². The van der Waals surface area contributed by atoms with Crippen molar-refractivity contribution in [2.45, 2.75) is 32.9 Å². The molecule has 1 unspecified atom stereocenters. The fourth-order valence-electron chi connectivity index (χ4n) is 2.32. The lowest BCUT2D eigenvalue weighted by Gasteiger charge is -2.11. The van der Waals surface area contributed by atoms with Crippen molar-refractivity contribution in [1.82, 2.24) is 20.1 Å². The van der Waals surface area contributed by atoms with Crippen molar-refractivity contribution in [1.29, 1.82) is 0 Å². The molecular weight excluding hydrogens is 280 g/mol. The van der Waals surface area contributed by atoms with Crippen molar-refractivity contribution in [2.75, 3.05) is 0 Å². The molecule has 2 aromatic heterocycles. The lowest BCUT2D eigenvalue weighted by Crippen LogP contribution is -2.29. The quantitative estimate of drug-likeness (QED) is 0.786. The molecule has 1 atom stereocenters. The zero-order valence-electron chi connectivity index (χ0n) is 12.6. The van der Waals surface area contributed by atoms with Crippen LogP contribution in [0, 0.1) is 0 Å². The molecule has 6 nitrogen and oxygen atoms in total. The van der Waals surface area contributed by atoms with E-state index in [9.17, 15) is 4.79 Å². The smallest absolute Gasteiger partial charge is 0.270 e. The zero-order valence-corrected chi connectivity index (χ0v) is 12.6. The van der Waals surface area contributed by atoms with Gasteiger partial charge < -0.3 is 9.73 Å². The molecule has 0 saturated carbocycles. The maximum absolute atomic E-state index is 12.4. The van der Waals surface area contributed by atoms with Crippen LogP contribution in [-0.2, 0) is 6.54 Å². The van der Waals surface area contributed by atoms with Crippen molar-refractivity contribution < 1.29 is 9.21 Å². The van der Waals surface area contributed by atoms with Crippen LogP contribution < -0.4 is 5.32 Å². The number of oxazole rings is 1. The van der Waals surface area contributed by atoms with Crippen LogP contribution in [0.1, 0.15) is 42.7 Å². The van der Waals surface area contributed by atoms with Crippen LogP contribution in [0.3, 0.4) is 0 Å². The summed E-state index contributed by atoms with van der Waals surface area (Å²) in [5.74, 6) is 0.316. The molecule has 0 aliphatic carbocycles. The number of rotatable bonds is 5. The Bertz CT molecular complexity index is 757. The fourth-order valence-corrected chi connectivity index (χ4v) is 2.32. The second kappa shape index (κ2) is 6.01. The van der Waals surface area contributed by atoms with Crippen molar-refractivity contribution in [3.8, 4) is 0 Å². The molecule has 3 aromatic rings. The third-order valence-corrected chi connectivity index (χ3v) is 3.41. The molecule has 1 amide bonds. The first kappa shape index (κ1) is 14.3. The Morgan fingerprint density at radius 3 is 2.95 bits per heavy atom. The summed E-state index contributed by atoms with van der Waals surface area (Å²) in [5, 5.41) is 7.06. The number of benzene rings is 1. The Morgan fingerprint density at radius 1 is 1.36 bits per heavy atom. The van der Waals surface area contributed by atoms with Crippen LogP contribution in [0.25, 0.3) is 11.1 Å². The number of nitrogens with zero attached hydrogens (tertiary/aromatic N) is 3. The zero-order chi connectivity index (χ0) is 15.5. The minimum Gasteiger partial charge on any atom is -0.438 e.